The fourth-order valence-corrected chi connectivity index (χ4v) is 2.56. The molecule has 1 atom stereocenters. The van der Waals surface area contributed by atoms with Crippen LogP contribution in [-0.4, -0.2) is 0 Å². The second-order valence-corrected chi connectivity index (χ2v) is 5.10. The molecule has 0 radical (unpaired) electrons. The van der Waals surface area contributed by atoms with Gasteiger partial charge in [-0.1, -0.05) is 23.7 Å². The highest BCUT2D eigenvalue weighted by molar-refractivity contribution is 6.30. The molecule has 0 spiro atoms. The van der Waals surface area contributed by atoms with E-state index in [0.717, 1.165) is 22.3 Å². The van der Waals surface area contributed by atoms with Crippen molar-refractivity contribution in [2.75, 3.05) is 0 Å². The quantitative estimate of drug-likeness (QED) is 0.664. The smallest absolute Gasteiger partial charge is 0.123 e. The van der Waals surface area contributed by atoms with Crippen LogP contribution in [0.2, 0.25) is 5.02 Å². The molecule has 2 aromatic rings. The third kappa shape index (κ3) is 3.13. The van der Waals surface area contributed by atoms with Gasteiger partial charge in [0.1, 0.15) is 5.82 Å². The molecular formula is C15H16ClFN2. The van der Waals surface area contributed by atoms with Gasteiger partial charge in [0.25, 0.3) is 0 Å². The molecule has 0 aliphatic heterocycles. The molecule has 0 amide bonds. The molecule has 0 saturated heterocycles. The van der Waals surface area contributed by atoms with Gasteiger partial charge >= 0.3 is 0 Å². The first-order chi connectivity index (χ1) is 9.01. The highest BCUT2D eigenvalue weighted by atomic mass is 35.5. The number of rotatable bonds is 3. The summed E-state index contributed by atoms with van der Waals surface area (Å²) in [6.45, 7) is 3.83. The summed E-state index contributed by atoms with van der Waals surface area (Å²) in [6.07, 6.45) is 0. The van der Waals surface area contributed by atoms with Crippen molar-refractivity contribution in [3.05, 3.63) is 69.5 Å². The summed E-state index contributed by atoms with van der Waals surface area (Å²) in [5, 5.41) is 0.662. The fourth-order valence-electron chi connectivity index (χ4n) is 2.26. The predicted octanol–water partition coefficient (Wildman–Crippen LogP) is 3.65. The zero-order valence-corrected chi connectivity index (χ0v) is 11.6. The second-order valence-electron chi connectivity index (χ2n) is 4.66. The van der Waals surface area contributed by atoms with Gasteiger partial charge < -0.3 is 0 Å². The summed E-state index contributed by atoms with van der Waals surface area (Å²) in [4.78, 5) is 0. The molecule has 0 aromatic heterocycles. The number of hydrogen-bond donors (Lipinski definition) is 2. The monoisotopic (exact) mass is 278 g/mol. The predicted molar refractivity (Wildman–Crippen MR) is 76.5 cm³/mol. The number of nitrogens with two attached hydrogens (primary N) is 1. The lowest BCUT2D eigenvalue weighted by atomic mass is 9.94. The molecule has 0 aliphatic carbocycles. The molecular weight excluding hydrogens is 263 g/mol. The zero-order valence-electron chi connectivity index (χ0n) is 10.9. The van der Waals surface area contributed by atoms with Crippen molar-refractivity contribution in [2.24, 2.45) is 5.84 Å². The van der Waals surface area contributed by atoms with E-state index in [1.165, 1.54) is 12.1 Å². The van der Waals surface area contributed by atoms with Gasteiger partial charge in [-0.3, -0.25) is 5.84 Å². The summed E-state index contributed by atoms with van der Waals surface area (Å²) >= 11 is 6.08. The molecule has 3 N–H and O–H groups in total. The van der Waals surface area contributed by atoms with E-state index in [-0.39, 0.29) is 11.9 Å². The van der Waals surface area contributed by atoms with Gasteiger partial charge in [-0.15, -0.1) is 0 Å². The fraction of sp³-hybridized carbons (Fsp3) is 0.200. The van der Waals surface area contributed by atoms with Gasteiger partial charge in [-0.2, -0.15) is 0 Å². The van der Waals surface area contributed by atoms with Crippen molar-refractivity contribution in [3.8, 4) is 0 Å². The van der Waals surface area contributed by atoms with E-state index in [9.17, 15) is 4.39 Å². The number of aryl methyl sites for hydroxylation is 2. The first-order valence-electron chi connectivity index (χ1n) is 6.00. The van der Waals surface area contributed by atoms with Crippen LogP contribution in [0.1, 0.15) is 28.3 Å². The lowest BCUT2D eigenvalue weighted by Gasteiger charge is -2.20. The Morgan fingerprint density at radius 2 is 1.89 bits per heavy atom. The third-order valence-corrected chi connectivity index (χ3v) is 3.33. The Kier molecular flexibility index (Phi) is 4.20. The molecule has 0 saturated carbocycles. The van der Waals surface area contributed by atoms with E-state index in [1.807, 2.05) is 32.0 Å². The molecule has 0 fully saturated rings. The van der Waals surface area contributed by atoms with Gasteiger partial charge in [0, 0.05) is 5.02 Å². The van der Waals surface area contributed by atoms with Crippen LogP contribution in [0.3, 0.4) is 0 Å². The molecule has 0 heterocycles. The van der Waals surface area contributed by atoms with E-state index in [0.29, 0.717) is 5.02 Å². The normalized spacial score (nSPS) is 12.5. The topological polar surface area (TPSA) is 38.0 Å². The molecule has 19 heavy (non-hydrogen) atoms. The van der Waals surface area contributed by atoms with Crippen LogP contribution in [0.15, 0.2) is 36.4 Å². The minimum Gasteiger partial charge on any atom is -0.271 e. The van der Waals surface area contributed by atoms with Crippen LogP contribution in [-0.2, 0) is 0 Å². The first-order valence-corrected chi connectivity index (χ1v) is 6.38. The number of benzene rings is 2. The summed E-state index contributed by atoms with van der Waals surface area (Å²) in [6, 6.07) is 10.2. The van der Waals surface area contributed by atoms with Crippen molar-refractivity contribution in [1.82, 2.24) is 5.43 Å². The van der Waals surface area contributed by atoms with Crippen molar-refractivity contribution in [1.29, 1.82) is 0 Å². The number of hydrogen-bond acceptors (Lipinski definition) is 2. The van der Waals surface area contributed by atoms with E-state index in [2.05, 4.69) is 5.43 Å². The van der Waals surface area contributed by atoms with Crippen LogP contribution < -0.4 is 11.3 Å². The van der Waals surface area contributed by atoms with Gasteiger partial charge in [0.2, 0.25) is 0 Å². The van der Waals surface area contributed by atoms with Crippen molar-refractivity contribution in [3.63, 3.8) is 0 Å². The summed E-state index contributed by atoms with van der Waals surface area (Å²) in [7, 11) is 0. The van der Waals surface area contributed by atoms with Crippen LogP contribution in [0.5, 0.6) is 0 Å². The maximum atomic E-state index is 13.2. The Morgan fingerprint density at radius 3 is 2.47 bits per heavy atom. The van der Waals surface area contributed by atoms with Crippen LogP contribution in [0, 0.1) is 19.7 Å². The summed E-state index contributed by atoms with van der Waals surface area (Å²) < 4.78 is 13.2. The third-order valence-electron chi connectivity index (χ3n) is 3.11. The van der Waals surface area contributed by atoms with Crippen LogP contribution in [0.4, 0.5) is 4.39 Å². The average Bonchev–Trinajstić information content (AvgIpc) is 2.31. The van der Waals surface area contributed by atoms with Gasteiger partial charge in [0.15, 0.2) is 0 Å². The second kappa shape index (κ2) is 5.70. The molecule has 0 bridgehead atoms. The van der Waals surface area contributed by atoms with E-state index in [1.54, 1.807) is 6.07 Å². The molecule has 2 aromatic carbocycles. The minimum atomic E-state index is -0.251. The summed E-state index contributed by atoms with van der Waals surface area (Å²) in [5.41, 5.74) is 6.57. The Bertz CT molecular complexity index is 578. The zero-order chi connectivity index (χ0) is 14.0. The largest absolute Gasteiger partial charge is 0.271 e. The molecule has 2 nitrogen and oxygen atoms in total. The highest BCUT2D eigenvalue weighted by Gasteiger charge is 2.15. The van der Waals surface area contributed by atoms with Crippen LogP contribution >= 0.6 is 11.6 Å². The van der Waals surface area contributed by atoms with Gasteiger partial charge in [-0.05, 0) is 60.4 Å². The lowest BCUT2D eigenvalue weighted by molar-refractivity contribution is 0.612. The van der Waals surface area contributed by atoms with Gasteiger partial charge in [-0.25, -0.2) is 9.82 Å². The van der Waals surface area contributed by atoms with E-state index >= 15 is 0 Å². The SMILES string of the molecule is Cc1cc(Cl)cc(C(NN)c2ccc(F)cc2C)c1. The van der Waals surface area contributed by atoms with Crippen molar-refractivity contribution < 1.29 is 4.39 Å². The van der Waals surface area contributed by atoms with E-state index in [4.69, 9.17) is 17.4 Å². The highest BCUT2D eigenvalue weighted by Crippen LogP contribution is 2.27. The number of hydrazine groups is 1. The Balaban J connectivity index is 2.49. The van der Waals surface area contributed by atoms with Gasteiger partial charge in [0.05, 0.1) is 6.04 Å². The average molecular weight is 279 g/mol. The Hall–Kier alpha value is -1.42. The molecule has 0 aliphatic rings. The van der Waals surface area contributed by atoms with Crippen molar-refractivity contribution in [2.45, 2.75) is 19.9 Å². The Morgan fingerprint density at radius 1 is 1.16 bits per heavy atom. The maximum absolute atomic E-state index is 13.2. The minimum absolute atomic E-state index is 0.210. The number of halogens is 2. The van der Waals surface area contributed by atoms with Crippen LogP contribution in [0.25, 0.3) is 0 Å². The molecule has 1 unspecified atom stereocenters. The Labute approximate surface area is 117 Å². The number of nitrogens with one attached hydrogen (secondary N) is 1. The molecule has 2 rings (SSSR count). The maximum Gasteiger partial charge on any atom is 0.123 e. The van der Waals surface area contributed by atoms with E-state index < -0.39 is 0 Å². The molecule has 4 heteroatoms. The van der Waals surface area contributed by atoms with Crippen molar-refractivity contribution >= 4 is 11.6 Å². The molecule has 100 valence electrons. The standard InChI is InChI=1S/C15H16ClFN2/c1-9-5-11(8-12(16)6-9)15(19-18)14-4-3-13(17)7-10(14)2/h3-8,15,19H,18H2,1-2H3. The first kappa shape index (κ1) is 14.0. The summed E-state index contributed by atoms with van der Waals surface area (Å²) in [5.74, 6) is 5.41. The lowest BCUT2D eigenvalue weighted by Crippen LogP contribution is -2.29.